The first-order chi connectivity index (χ1) is 8.00. The fourth-order valence-electron chi connectivity index (χ4n) is 1.50. The topological polar surface area (TPSA) is 60.5 Å². The van der Waals surface area contributed by atoms with Gasteiger partial charge >= 0.3 is 5.97 Å². The maximum absolute atomic E-state index is 11.5. The molecule has 1 N–H and O–H groups in total. The smallest absolute Gasteiger partial charge is 0.341 e. The molecule has 0 bridgehead atoms. The van der Waals surface area contributed by atoms with Crippen molar-refractivity contribution in [2.45, 2.75) is 19.4 Å². The Balaban J connectivity index is 2.94. The van der Waals surface area contributed by atoms with Gasteiger partial charge in [-0.1, -0.05) is 0 Å². The van der Waals surface area contributed by atoms with Crippen LogP contribution in [0.5, 0.6) is 0 Å². The number of nitrogens with one attached hydrogen (secondary N) is 1. The molecule has 0 aliphatic heterocycles. The number of hydrogen-bond acceptors (Lipinski definition) is 5. The molecule has 1 heterocycles. The highest BCUT2D eigenvalue weighted by Gasteiger charge is 2.21. The summed E-state index contributed by atoms with van der Waals surface area (Å²) in [6.07, 6.45) is 1.62. The highest BCUT2D eigenvalue weighted by molar-refractivity contribution is 5.94. The third-order valence-electron chi connectivity index (χ3n) is 2.17. The fraction of sp³-hybridized carbons (Fsp3) is 0.500. The van der Waals surface area contributed by atoms with Crippen LogP contribution in [0.15, 0.2) is 18.3 Å². The van der Waals surface area contributed by atoms with E-state index in [2.05, 4.69) is 10.3 Å². The van der Waals surface area contributed by atoms with Crippen molar-refractivity contribution in [3.05, 3.63) is 23.9 Å². The van der Waals surface area contributed by atoms with Crippen LogP contribution in [0.25, 0.3) is 0 Å². The predicted molar refractivity (Wildman–Crippen MR) is 65.2 cm³/mol. The average Bonchev–Trinajstić information content (AvgIpc) is 2.28. The summed E-state index contributed by atoms with van der Waals surface area (Å²) < 4.78 is 9.80. The quantitative estimate of drug-likeness (QED) is 0.791. The van der Waals surface area contributed by atoms with Gasteiger partial charge < -0.3 is 14.8 Å². The number of carbonyl (C=O) groups is 1. The molecule has 17 heavy (non-hydrogen) atoms. The molecule has 0 atom stereocenters. The molecule has 0 aromatic carbocycles. The van der Waals surface area contributed by atoms with E-state index in [1.165, 1.54) is 7.11 Å². The molecule has 0 aliphatic carbocycles. The lowest BCUT2D eigenvalue weighted by atomic mass is 10.1. The molecule has 1 rings (SSSR count). The van der Waals surface area contributed by atoms with Gasteiger partial charge in [0.1, 0.15) is 11.4 Å². The Morgan fingerprint density at radius 3 is 2.76 bits per heavy atom. The number of rotatable bonds is 5. The van der Waals surface area contributed by atoms with Crippen LogP contribution in [-0.4, -0.2) is 37.3 Å². The van der Waals surface area contributed by atoms with E-state index < -0.39 is 5.97 Å². The van der Waals surface area contributed by atoms with Gasteiger partial charge in [-0.25, -0.2) is 9.78 Å². The van der Waals surface area contributed by atoms with E-state index in [9.17, 15) is 4.79 Å². The van der Waals surface area contributed by atoms with Crippen molar-refractivity contribution >= 4 is 11.8 Å². The van der Waals surface area contributed by atoms with Gasteiger partial charge in [0, 0.05) is 13.3 Å². The summed E-state index contributed by atoms with van der Waals surface area (Å²) in [6, 6.07) is 3.37. The van der Waals surface area contributed by atoms with Gasteiger partial charge in [-0.05, 0) is 26.0 Å². The number of hydrogen-bond donors (Lipinski definition) is 1. The number of nitrogens with zero attached hydrogens (tertiary/aromatic N) is 1. The lowest BCUT2D eigenvalue weighted by Gasteiger charge is -2.26. The summed E-state index contributed by atoms with van der Waals surface area (Å²) in [6.45, 7) is 4.43. The summed E-state index contributed by atoms with van der Waals surface area (Å²) in [5, 5.41) is 3.17. The van der Waals surface area contributed by atoms with Crippen LogP contribution in [0, 0.1) is 0 Å². The second-order valence-corrected chi connectivity index (χ2v) is 4.33. The minimum Gasteiger partial charge on any atom is -0.465 e. The largest absolute Gasteiger partial charge is 0.465 e. The Hall–Kier alpha value is -1.62. The molecule has 0 radical (unpaired) electrons. The molecule has 0 unspecified atom stereocenters. The average molecular weight is 238 g/mol. The van der Waals surface area contributed by atoms with Gasteiger partial charge in [0.15, 0.2) is 0 Å². The number of carbonyl (C=O) groups excluding carboxylic acids is 1. The highest BCUT2D eigenvalue weighted by Crippen LogP contribution is 2.18. The first kappa shape index (κ1) is 13.4. The number of methoxy groups -OCH3 is 2. The van der Waals surface area contributed by atoms with E-state index in [1.807, 2.05) is 13.8 Å². The minimum absolute atomic E-state index is 0.314. The molecule has 0 spiro atoms. The Labute approximate surface area is 101 Å². The minimum atomic E-state index is -0.409. The van der Waals surface area contributed by atoms with Gasteiger partial charge in [0.2, 0.25) is 0 Å². The maximum atomic E-state index is 11.5. The molecule has 5 heteroatoms. The summed E-state index contributed by atoms with van der Waals surface area (Å²) in [5.41, 5.74) is 0.102. The van der Waals surface area contributed by atoms with E-state index >= 15 is 0 Å². The maximum Gasteiger partial charge on any atom is 0.341 e. The first-order valence-corrected chi connectivity index (χ1v) is 5.30. The second-order valence-electron chi connectivity index (χ2n) is 4.33. The van der Waals surface area contributed by atoms with Crippen molar-refractivity contribution in [3.8, 4) is 0 Å². The van der Waals surface area contributed by atoms with Crippen molar-refractivity contribution in [1.82, 2.24) is 4.98 Å². The molecule has 0 saturated carbocycles. The monoisotopic (exact) mass is 238 g/mol. The van der Waals surface area contributed by atoms with Crippen LogP contribution < -0.4 is 5.32 Å². The fourth-order valence-corrected chi connectivity index (χ4v) is 1.50. The molecular formula is C12H18N2O3. The first-order valence-electron chi connectivity index (χ1n) is 5.30. The van der Waals surface area contributed by atoms with E-state index in [1.54, 1.807) is 25.4 Å². The molecule has 5 nitrogen and oxygen atoms in total. The van der Waals surface area contributed by atoms with Gasteiger partial charge in [-0.15, -0.1) is 0 Å². The zero-order chi connectivity index (χ0) is 12.9. The Kier molecular flexibility index (Phi) is 4.45. The Morgan fingerprint density at radius 2 is 2.18 bits per heavy atom. The van der Waals surface area contributed by atoms with Crippen LogP contribution in [-0.2, 0) is 9.47 Å². The van der Waals surface area contributed by atoms with Gasteiger partial charge in [-0.3, -0.25) is 0 Å². The third kappa shape index (κ3) is 3.71. The Bertz CT molecular complexity index is 391. The Morgan fingerprint density at radius 1 is 1.47 bits per heavy atom. The van der Waals surface area contributed by atoms with E-state index in [-0.39, 0.29) is 5.54 Å². The van der Waals surface area contributed by atoms with Crippen molar-refractivity contribution < 1.29 is 14.3 Å². The van der Waals surface area contributed by atoms with Crippen molar-refractivity contribution in [2.75, 3.05) is 26.1 Å². The number of pyridine rings is 1. The highest BCUT2D eigenvalue weighted by atomic mass is 16.5. The van der Waals surface area contributed by atoms with Crippen LogP contribution >= 0.6 is 0 Å². The standard InChI is InChI=1S/C12H18N2O3/c1-12(2,8-16-3)14-10-9(11(15)17-4)6-5-7-13-10/h5-7H,8H2,1-4H3,(H,13,14). The summed E-state index contributed by atoms with van der Waals surface area (Å²) in [4.78, 5) is 15.7. The lowest BCUT2D eigenvalue weighted by Crippen LogP contribution is -2.36. The zero-order valence-electron chi connectivity index (χ0n) is 10.6. The van der Waals surface area contributed by atoms with E-state index in [4.69, 9.17) is 9.47 Å². The van der Waals surface area contributed by atoms with Crippen LogP contribution in [0.4, 0.5) is 5.82 Å². The van der Waals surface area contributed by atoms with Crippen LogP contribution in [0.3, 0.4) is 0 Å². The van der Waals surface area contributed by atoms with Crippen LogP contribution in [0.2, 0.25) is 0 Å². The second kappa shape index (κ2) is 5.63. The van der Waals surface area contributed by atoms with Crippen molar-refractivity contribution in [2.24, 2.45) is 0 Å². The van der Waals surface area contributed by atoms with Crippen molar-refractivity contribution in [1.29, 1.82) is 0 Å². The molecule has 0 aliphatic rings. The van der Waals surface area contributed by atoms with E-state index in [0.717, 1.165) is 0 Å². The molecule has 94 valence electrons. The summed E-state index contributed by atoms with van der Waals surface area (Å²) in [7, 11) is 2.97. The summed E-state index contributed by atoms with van der Waals surface area (Å²) in [5.74, 6) is 0.0928. The number of aromatic nitrogens is 1. The summed E-state index contributed by atoms with van der Waals surface area (Å²) >= 11 is 0. The van der Waals surface area contributed by atoms with Crippen LogP contribution in [0.1, 0.15) is 24.2 Å². The lowest BCUT2D eigenvalue weighted by molar-refractivity contribution is 0.0601. The van der Waals surface area contributed by atoms with Gasteiger partial charge in [-0.2, -0.15) is 0 Å². The molecule has 0 amide bonds. The number of ether oxygens (including phenoxy) is 2. The number of anilines is 1. The normalized spacial score (nSPS) is 11.1. The molecule has 1 aromatic heterocycles. The molecule has 0 fully saturated rings. The predicted octanol–water partition coefficient (Wildman–Crippen LogP) is 1.71. The van der Waals surface area contributed by atoms with Gasteiger partial charge in [0.25, 0.3) is 0 Å². The van der Waals surface area contributed by atoms with Gasteiger partial charge in [0.05, 0.1) is 19.3 Å². The van der Waals surface area contributed by atoms with E-state index in [0.29, 0.717) is 18.0 Å². The molecular weight excluding hydrogens is 220 g/mol. The molecule has 1 aromatic rings. The zero-order valence-corrected chi connectivity index (χ0v) is 10.6. The van der Waals surface area contributed by atoms with Crippen molar-refractivity contribution in [3.63, 3.8) is 0 Å². The third-order valence-corrected chi connectivity index (χ3v) is 2.17. The molecule has 0 saturated heterocycles. The SMILES string of the molecule is COCC(C)(C)Nc1ncccc1C(=O)OC. The number of esters is 1.